The molecule has 0 spiro atoms. The lowest BCUT2D eigenvalue weighted by Gasteiger charge is -2.19. The number of rotatable bonds is 3. The van der Waals surface area contributed by atoms with E-state index in [2.05, 4.69) is 54.4 Å². The topological polar surface area (TPSA) is 3.24 Å². The number of hydrogen-bond acceptors (Lipinski definition) is 1. The van der Waals surface area contributed by atoms with Crippen LogP contribution < -0.4 is 4.90 Å². The van der Waals surface area contributed by atoms with Gasteiger partial charge in [-0.1, -0.05) is 36.4 Å². The first kappa shape index (κ1) is 9.07. The number of likely N-dealkylation sites (N-methyl/N-ethyl adjacent to an activating group) is 1. The van der Waals surface area contributed by atoms with E-state index in [1.165, 1.54) is 11.3 Å². The van der Waals surface area contributed by atoms with E-state index in [9.17, 15) is 0 Å². The lowest BCUT2D eigenvalue weighted by molar-refractivity contribution is 0.961. The van der Waals surface area contributed by atoms with E-state index in [1.807, 2.05) is 6.07 Å². The normalized spacial score (nSPS) is 14.2. The standard InChI is InChI=1S/C13H15N/c1-14(11-12-7-5-6-8-12)13-9-3-2-4-10-13/h2-7,9-10H,8,11H2,1H3. The van der Waals surface area contributed by atoms with Gasteiger partial charge in [0.15, 0.2) is 0 Å². The Kier molecular flexibility index (Phi) is 2.68. The van der Waals surface area contributed by atoms with E-state index in [4.69, 9.17) is 0 Å². The van der Waals surface area contributed by atoms with Gasteiger partial charge in [-0.15, -0.1) is 0 Å². The minimum absolute atomic E-state index is 1.02. The average Bonchev–Trinajstić information content (AvgIpc) is 2.72. The van der Waals surface area contributed by atoms with Crippen LogP contribution in [0.1, 0.15) is 6.42 Å². The van der Waals surface area contributed by atoms with Crippen LogP contribution in [0.15, 0.2) is 54.1 Å². The van der Waals surface area contributed by atoms with Crippen LogP contribution in [0.5, 0.6) is 0 Å². The van der Waals surface area contributed by atoms with Gasteiger partial charge in [-0.3, -0.25) is 0 Å². The van der Waals surface area contributed by atoms with Gasteiger partial charge in [0.2, 0.25) is 0 Å². The summed E-state index contributed by atoms with van der Waals surface area (Å²) < 4.78 is 0. The third-order valence-electron chi connectivity index (χ3n) is 2.49. The largest absolute Gasteiger partial charge is 0.371 e. The maximum Gasteiger partial charge on any atom is 0.0391 e. The molecule has 0 unspecified atom stereocenters. The Hall–Kier alpha value is -1.50. The smallest absolute Gasteiger partial charge is 0.0391 e. The van der Waals surface area contributed by atoms with Gasteiger partial charge in [0, 0.05) is 19.3 Å². The molecule has 0 aliphatic heterocycles. The van der Waals surface area contributed by atoms with Gasteiger partial charge < -0.3 is 4.90 Å². The summed E-state index contributed by atoms with van der Waals surface area (Å²) in [5.41, 5.74) is 2.76. The molecular weight excluding hydrogens is 170 g/mol. The van der Waals surface area contributed by atoms with E-state index in [0.717, 1.165) is 13.0 Å². The zero-order valence-corrected chi connectivity index (χ0v) is 8.48. The molecule has 1 aliphatic rings. The number of para-hydroxylation sites is 1. The number of allylic oxidation sites excluding steroid dienone is 3. The van der Waals surface area contributed by atoms with Crippen LogP contribution in [-0.2, 0) is 0 Å². The summed E-state index contributed by atoms with van der Waals surface area (Å²) in [6.45, 7) is 1.02. The molecule has 0 radical (unpaired) electrons. The second-order valence-corrected chi connectivity index (χ2v) is 3.65. The van der Waals surface area contributed by atoms with Crippen molar-refractivity contribution in [3.8, 4) is 0 Å². The average molecular weight is 185 g/mol. The molecule has 1 aliphatic carbocycles. The highest BCUT2D eigenvalue weighted by molar-refractivity contribution is 5.47. The van der Waals surface area contributed by atoms with Gasteiger partial charge in [0.1, 0.15) is 0 Å². The Morgan fingerprint density at radius 3 is 2.64 bits per heavy atom. The maximum atomic E-state index is 2.28. The number of benzene rings is 1. The van der Waals surface area contributed by atoms with E-state index >= 15 is 0 Å². The number of anilines is 1. The lowest BCUT2D eigenvalue weighted by Crippen LogP contribution is -2.19. The van der Waals surface area contributed by atoms with Gasteiger partial charge in [-0.2, -0.15) is 0 Å². The van der Waals surface area contributed by atoms with Crippen LogP contribution in [0.3, 0.4) is 0 Å². The Morgan fingerprint density at radius 2 is 2.00 bits per heavy atom. The molecule has 0 fully saturated rings. The highest BCUT2D eigenvalue weighted by atomic mass is 15.1. The third-order valence-corrected chi connectivity index (χ3v) is 2.49. The van der Waals surface area contributed by atoms with Crippen molar-refractivity contribution in [2.75, 3.05) is 18.5 Å². The molecule has 2 rings (SSSR count). The van der Waals surface area contributed by atoms with E-state index in [1.54, 1.807) is 0 Å². The molecule has 1 aromatic carbocycles. The van der Waals surface area contributed by atoms with Crippen molar-refractivity contribution < 1.29 is 0 Å². The predicted octanol–water partition coefficient (Wildman–Crippen LogP) is 3.01. The monoisotopic (exact) mass is 185 g/mol. The lowest BCUT2D eigenvalue weighted by atomic mass is 10.2. The first-order valence-corrected chi connectivity index (χ1v) is 4.97. The molecule has 0 heterocycles. The highest BCUT2D eigenvalue weighted by Gasteiger charge is 2.04. The Labute approximate surface area is 85.4 Å². The van der Waals surface area contributed by atoms with Crippen molar-refractivity contribution in [3.63, 3.8) is 0 Å². The molecule has 0 atom stereocenters. The van der Waals surface area contributed by atoms with Crippen molar-refractivity contribution in [3.05, 3.63) is 54.1 Å². The second-order valence-electron chi connectivity index (χ2n) is 3.65. The molecule has 0 N–H and O–H groups in total. The van der Waals surface area contributed by atoms with Crippen molar-refractivity contribution in [2.45, 2.75) is 6.42 Å². The molecule has 0 saturated heterocycles. The Balaban J connectivity index is 1.99. The summed E-state index contributed by atoms with van der Waals surface area (Å²) in [4.78, 5) is 2.28. The fraction of sp³-hybridized carbons (Fsp3) is 0.231. The summed E-state index contributed by atoms with van der Waals surface area (Å²) >= 11 is 0. The maximum absolute atomic E-state index is 2.28. The van der Waals surface area contributed by atoms with Gasteiger partial charge in [0.25, 0.3) is 0 Å². The molecule has 1 aromatic rings. The molecule has 0 bridgehead atoms. The van der Waals surface area contributed by atoms with E-state index in [0.29, 0.717) is 0 Å². The molecule has 1 nitrogen and oxygen atoms in total. The van der Waals surface area contributed by atoms with Crippen LogP contribution in [0.2, 0.25) is 0 Å². The van der Waals surface area contributed by atoms with Gasteiger partial charge in [-0.05, 0) is 24.1 Å². The van der Waals surface area contributed by atoms with Crippen molar-refractivity contribution >= 4 is 5.69 Å². The SMILES string of the molecule is CN(CC1=CC=CC1)c1ccccc1. The van der Waals surface area contributed by atoms with Crippen LogP contribution in [-0.4, -0.2) is 13.6 Å². The summed E-state index contributed by atoms with van der Waals surface area (Å²) in [7, 11) is 2.13. The highest BCUT2D eigenvalue weighted by Crippen LogP contribution is 2.16. The van der Waals surface area contributed by atoms with E-state index in [-0.39, 0.29) is 0 Å². The summed E-state index contributed by atoms with van der Waals surface area (Å²) in [6, 6.07) is 10.5. The minimum atomic E-state index is 1.02. The number of nitrogens with zero attached hydrogens (tertiary/aromatic N) is 1. The molecule has 0 amide bonds. The van der Waals surface area contributed by atoms with Crippen LogP contribution >= 0.6 is 0 Å². The zero-order chi connectivity index (χ0) is 9.80. The summed E-state index contributed by atoms with van der Waals surface area (Å²) in [5, 5.41) is 0. The van der Waals surface area contributed by atoms with Gasteiger partial charge in [0.05, 0.1) is 0 Å². The molecule has 1 heteroatoms. The molecule has 14 heavy (non-hydrogen) atoms. The molecule has 0 aromatic heterocycles. The van der Waals surface area contributed by atoms with Crippen LogP contribution in [0.4, 0.5) is 5.69 Å². The summed E-state index contributed by atoms with van der Waals surface area (Å²) in [6.07, 6.45) is 7.65. The molecular formula is C13H15N. The Morgan fingerprint density at radius 1 is 1.21 bits per heavy atom. The molecule has 72 valence electrons. The van der Waals surface area contributed by atoms with Crippen LogP contribution in [0.25, 0.3) is 0 Å². The van der Waals surface area contributed by atoms with Crippen LogP contribution in [0, 0.1) is 0 Å². The fourth-order valence-electron chi connectivity index (χ4n) is 1.69. The van der Waals surface area contributed by atoms with E-state index < -0.39 is 0 Å². The summed E-state index contributed by atoms with van der Waals surface area (Å²) in [5.74, 6) is 0. The minimum Gasteiger partial charge on any atom is -0.371 e. The first-order chi connectivity index (χ1) is 6.86. The Bertz CT molecular complexity index is 349. The van der Waals surface area contributed by atoms with Crippen molar-refractivity contribution in [1.82, 2.24) is 0 Å². The first-order valence-electron chi connectivity index (χ1n) is 4.97. The molecule has 0 saturated carbocycles. The van der Waals surface area contributed by atoms with Crippen molar-refractivity contribution in [1.29, 1.82) is 0 Å². The van der Waals surface area contributed by atoms with Gasteiger partial charge >= 0.3 is 0 Å². The van der Waals surface area contributed by atoms with Gasteiger partial charge in [-0.25, -0.2) is 0 Å². The fourth-order valence-corrected chi connectivity index (χ4v) is 1.69. The quantitative estimate of drug-likeness (QED) is 0.699. The third kappa shape index (κ3) is 2.05. The number of hydrogen-bond donors (Lipinski definition) is 0. The second kappa shape index (κ2) is 4.14. The predicted molar refractivity (Wildman–Crippen MR) is 61.6 cm³/mol. The zero-order valence-electron chi connectivity index (χ0n) is 8.48. The van der Waals surface area contributed by atoms with Crippen molar-refractivity contribution in [2.24, 2.45) is 0 Å².